The maximum atomic E-state index is 15.2. The lowest BCUT2D eigenvalue weighted by molar-refractivity contribution is -0.126. The van der Waals surface area contributed by atoms with Gasteiger partial charge in [-0.3, -0.25) is 14.5 Å². The fraction of sp³-hybridized carbons (Fsp3) is 0.484. The average Bonchev–Trinajstić information content (AvgIpc) is 3.58. The molecule has 4 atom stereocenters. The third-order valence-corrected chi connectivity index (χ3v) is 8.07. The predicted molar refractivity (Wildman–Crippen MR) is 140 cm³/mol. The number of ketones is 2. The number of rotatable bonds is 6. The number of nitriles is 1. The molecule has 39 heavy (non-hydrogen) atoms. The number of ether oxygens (including phenoxy) is 1. The van der Waals surface area contributed by atoms with Crippen molar-refractivity contribution in [2.24, 2.45) is 11.8 Å². The fourth-order valence-corrected chi connectivity index (χ4v) is 6.36. The lowest BCUT2D eigenvalue weighted by atomic mass is 9.87. The minimum absolute atomic E-state index is 0.0175. The number of carbonyl (C=O) groups is 3. The van der Waals surface area contributed by atoms with E-state index >= 15 is 8.78 Å². The minimum atomic E-state index is -1.05. The predicted octanol–water partition coefficient (Wildman–Crippen LogP) is 5.73. The van der Waals surface area contributed by atoms with E-state index in [1.165, 1.54) is 17.0 Å². The second-order valence-corrected chi connectivity index (χ2v) is 12.0. The molecule has 2 aromatic rings. The summed E-state index contributed by atoms with van der Waals surface area (Å²) in [6.07, 6.45) is 2.20. The van der Waals surface area contributed by atoms with E-state index in [-0.39, 0.29) is 53.9 Å². The van der Waals surface area contributed by atoms with Gasteiger partial charge in [-0.05, 0) is 74.6 Å². The van der Waals surface area contributed by atoms with Gasteiger partial charge in [-0.15, -0.1) is 0 Å². The standard InChI is InChI=1S/C31H32F2N2O4/c1-31(2,3)39-30(38)35-23-8-6-21(13-23)29(35)26(37)11-17(16-34)10-20-7-9-25(28(33)27(20)32)19-5-4-18-14-24(36)15-22(18)12-19/h4-5,7,9,12,17,21,23,29H,6,8,10-11,13-15H2,1-3H3/t17-,21+,23-,29+/m1/s1. The molecule has 0 radical (unpaired) electrons. The van der Waals surface area contributed by atoms with Crippen LogP contribution in [-0.4, -0.2) is 40.2 Å². The van der Waals surface area contributed by atoms with Crippen LogP contribution >= 0.6 is 0 Å². The molecule has 0 unspecified atom stereocenters. The molecule has 1 amide bonds. The van der Waals surface area contributed by atoms with Crippen LogP contribution in [0.3, 0.4) is 0 Å². The summed E-state index contributed by atoms with van der Waals surface area (Å²) in [5, 5.41) is 9.79. The lowest BCUT2D eigenvalue weighted by Gasteiger charge is -2.35. The summed E-state index contributed by atoms with van der Waals surface area (Å²) in [6, 6.07) is 9.46. The van der Waals surface area contributed by atoms with E-state index in [4.69, 9.17) is 4.74 Å². The van der Waals surface area contributed by atoms with Crippen LogP contribution in [0, 0.1) is 34.8 Å². The van der Waals surface area contributed by atoms with Crippen molar-refractivity contribution in [1.82, 2.24) is 4.90 Å². The monoisotopic (exact) mass is 534 g/mol. The highest BCUT2D eigenvalue weighted by Gasteiger charge is 2.52. The number of hydrogen-bond acceptors (Lipinski definition) is 5. The highest BCUT2D eigenvalue weighted by atomic mass is 19.2. The first-order valence-electron chi connectivity index (χ1n) is 13.5. The van der Waals surface area contributed by atoms with Gasteiger partial charge in [0.15, 0.2) is 17.4 Å². The van der Waals surface area contributed by atoms with Crippen LogP contribution in [0.2, 0.25) is 0 Å². The van der Waals surface area contributed by atoms with E-state index in [0.29, 0.717) is 12.0 Å². The molecule has 5 rings (SSSR count). The van der Waals surface area contributed by atoms with Crippen molar-refractivity contribution >= 4 is 17.7 Å². The van der Waals surface area contributed by atoms with Gasteiger partial charge in [0.1, 0.15) is 11.4 Å². The van der Waals surface area contributed by atoms with Gasteiger partial charge in [-0.1, -0.05) is 30.3 Å². The topological polar surface area (TPSA) is 87.5 Å². The molecule has 1 saturated heterocycles. The molecule has 204 valence electrons. The van der Waals surface area contributed by atoms with Crippen LogP contribution in [0.5, 0.6) is 0 Å². The molecule has 1 saturated carbocycles. The molecule has 3 aliphatic rings. The van der Waals surface area contributed by atoms with E-state index in [1.807, 2.05) is 0 Å². The zero-order valence-corrected chi connectivity index (χ0v) is 22.4. The maximum Gasteiger partial charge on any atom is 0.411 e. The summed E-state index contributed by atoms with van der Waals surface area (Å²) in [7, 11) is 0. The Hall–Kier alpha value is -3.60. The van der Waals surface area contributed by atoms with E-state index in [2.05, 4.69) is 6.07 Å². The zero-order chi connectivity index (χ0) is 28.1. The van der Waals surface area contributed by atoms with Gasteiger partial charge in [0, 0.05) is 30.9 Å². The third kappa shape index (κ3) is 5.32. The van der Waals surface area contributed by atoms with Crippen LogP contribution in [0.1, 0.15) is 63.1 Å². The van der Waals surface area contributed by atoms with Crippen LogP contribution in [0.4, 0.5) is 13.6 Å². The molecule has 2 bridgehead atoms. The molecule has 2 fully saturated rings. The lowest BCUT2D eigenvalue weighted by Crippen LogP contribution is -2.51. The summed E-state index contributed by atoms with van der Waals surface area (Å²) in [4.78, 5) is 39.6. The van der Waals surface area contributed by atoms with Gasteiger partial charge < -0.3 is 4.74 Å². The Bertz CT molecular complexity index is 1390. The number of Topliss-reactive ketones (excluding diaryl/α,β-unsaturated/α-hetero) is 2. The molecule has 0 N–H and O–H groups in total. The third-order valence-electron chi connectivity index (χ3n) is 8.07. The maximum absolute atomic E-state index is 15.2. The number of fused-ring (bicyclic) bond motifs is 3. The Morgan fingerprint density at radius 2 is 1.85 bits per heavy atom. The Balaban J connectivity index is 1.31. The first-order chi connectivity index (χ1) is 18.4. The quantitative estimate of drug-likeness (QED) is 0.473. The largest absolute Gasteiger partial charge is 0.444 e. The molecule has 8 heteroatoms. The Labute approximate surface area is 226 Å². The van der Waals surface area contributed by atoms with Crippen molar-refractivity contribution in [3.05, 3.63) is 58.7 Å². The van der Waals surface area contributed by atoms with Crippen molar-refractivity contribution in [3.63, 3.8) is 0 Å². The van der Waals surface area contributed by atoms with Crippen LogP contribution in [0.25, 0.3) is 11.1 Å². The summed E-state index contributed by atoms with van der Waals surface area (Å²) in [5.41, 5.74) is 1.61. The summed E-state index contributed by atoms with van der Waals surface area (Å²) < 4.78 is 35.9. The second kappa shape index (κ2) is 10.2. The van der Waals surface area contributed by atoms with Crippen LogP contribution in [0.15, 0.2) is 30.3 Å². The Morgan fingerprint density at radius 1 is 1.10 bits per heavy atom. The van der Waals surface area contributed by atoms with Gasteiger partial charge in [0.2, 0.25) is 0 Å². The first-order valence-corrected chi connectivity index (χ1v) is 13.5. The van der Waals surface area contributed by atoms with Gasteiger partial charge >= 0.3 is 6.09 Å². The number of nitrogens with zero attached hydrogens (tertiary/aromatic N) is 2. The Kier molecular flexibility index (Phi) is 7.04. The highest BCUT2D eigenvalue weighted by molar-refractivity contribution is 5.90. The SMILES string of the molecule is CC(C)(C)OC(=O)N1[C@@H]2CC[C@@H](C2)[C@H]1C(=O)C[C@H](C#N)Cc1ccc(-c2ccc3c(c2)CC(=O)C3)c(F)c1F. The van der Waals surface area contributed by atoms with E-state index < -0.39 is 35.3 Å². The average molecular weight is 535 g/mol. The van der Waals surface area contributed by atoms with Crippen molar-refractivity contribution in [1.29, 1.82) is 5.26 Å². The highest BCUT2D eigenvalue weighted by Crippen LogP contribution is 2.44. The molecule has 2 aromatic carbocycles. The number of amides is 1. The summed E-state index contributed by atoms with van der Waals surface area (Å²) in [5.74, 6) is -3.07. The van der Waals surface area contributed by atoms with E-state index in [1.54, 1.807) is 39.0 Å². The van der Waals surface area contributed by atoms with Gasteiger partial charge in [0.25, 0.3) is 0 Å². The molecule has 6 nitrogen and oxygen atoms in total. The minimum Gasteiger partial charge on any atom is -0.444 e. The molecular formula is C31H32F2N2O4. The number of piperidine rings is 1. The van der Waals surface area contributed by atoms with Crippen LogP contribution < -0.4 is 0 Å². The number of halogens is 2. The molecule has 2 aliphatic carbocycles. The normalized spacial score (nSPS) is 22.5. The smallest absolute Gasteiger partial charge is 0.411 e. The van der Waals surface area contributed by atoms with Crippen molar-refractivity contribution < 1.29 is 27.9 Å². The van der Waals surface area contributed by atoms with E-state index in [9.17, 15) is 19.6 Å². The fourth-order valence-electron chi connectivity index (χ4n) is 6.36. The van der Waals surface area contributed by atoms with Gasteiger partial charge in [-0.25, -0.2) is 13.6 Å². The zero-order valence-electron chi connectivity index (χ0n) is 22.4. The molecular weight excluding hydrogens is 502 g/mol. The molecule has 1 aliphatic heterocycles. The molecule has 1 heterocycles. The number of benzene rings is 2. The van der Waals surface area contributed by atoms with E-state index in [0.717, 1.165) is 30.4 Å². The van der Waals surface area contributed by atoms with Crippen molar-refractivity contribution in [2.75, 3.05) is 0 Å². The van der Waals surface area contributed by atoms with Crippen molar-refractivity contribution in [2.45, 2.75) is 83.4 Å². The van der Waals surface area contributed by atoms with Gasteiger partial charge in [0.05, 0.1) is 18.0 Å². The molecule has 0 spiro atoms. The number of likely N-dealkylation sites (tertiary alicyclic amines) is 1. The summed E-state index contributed by atoms with van der Waals surface area (Å²) in [6.45, 7) is 5.31. The first kappa shape index (κ1) is 27.0. The summed E-state index contributed by atoms with van der Waals surface area (Å²) >= 11 is 0. The second-order valence-electron chi connectivity index (χ2n) is 12.0. The van der Waals surface area contributed by atoms with Gasteiger partial charge in [-0.2, -0.15) is 5.26 Å². The van der Waals surface area contributed by atoms with Crippen LogP contribution in [-0.2, 0) is 33.6 Å². The Morgan fingerprint density at radius 3 is 2.56 bits per heavy atom. The number of carbonyl (C=O) groups excluding carboxylic acids is 3. The van der Waals surface area contributed by atoms with Crippen molar-refractivity contribution in [3.8, 4) is 17.2 Å². The molecule has 0 aromatic heterocycles. The number of hydrogen-bond donors (Lipinski definition) is 0.